The first-order chi connectivity index (χ1) is 12.3. The highest BCUT2D eigenvalue weighted by Gasteiger charge is 2.37. The summed E-state index contributed by atoms with van der Waals surface area (Å²) in [6.07, 6.45) is 7.64. The maximum Gasteiger partial charge on any atom is 0.244 e. The second-order valence-electron chi connectivity index (χ2n) is 7.48. The van der Waals surface area contributed by atoms with E-state index >= 15 is 0 Å². The van der Waals surface area contributed by atoms with Crippen molar-refractivity contribution in [1.82, 2.24) is 14.5 Å². The zero-order valence-corrected chi connectivity index (χ0v) is 14.5. The van der Waals surface area contributed by atoms with Crippen LogP contribution in [0, 0.1) is 0 Å². The molecule has 0 radical (unpaired) electrons. The minimum Gasteiger partial charge on any atom is -0.331 e. The first-order valence-corrected chi connectivity index (χ1v) is 9.46. The van der Waals surface area contributed by atoms with Crippen molar-refractivity contribution in [3.63, 3.8) is 0 Å². The molecule has 0 spiro atoms. The van der Waals surface area contributed by atoms with Crippen LogP contribution in [0.4, 0.5) is 5.69 Å². The normalized spacial score (nSPS) is 24.4. The van der Waals surface area contributed by atoms with E-state index in [-0.39, 0.29) is 11.9 Å². The Hall–Kier alpha value is -2.14. The predicted molar refractivity (Wildman–Crippen MR) is 96.4 cm³/mol. The fraction of sp³-hybridized carbons (Fsp3) is 0.500. The minimum atomic E-state index is -0.00631. The maximum atomic E-state index is 13.1. The summed E-state index contributed by atoms with van der Waals surface area (Å²) in [6.45, 7) is 2.60. The molecule has 25 heavy (non-hydrogen) atoms. The Labute approximate surface area is 148 Å². The zero-order valence-electron chi connectivity index (χ0n) is 14.5. The van der Waals surface area contributed by atoms with Crippen LogP contribution < -0.4 is 4.90 Å². The number of piperidine rings is 1. The van der Waals surface area contributed by atoms with Crippen LogP contribution in [0.3, 0.4) is 0 Å². The molecule has 2 fully saturated rings. The Morgan fingerprint density at radius 3 is 2.68 bits per heavy atom. The van der Waals surface area contributed by atoms with E-state index in [0.717, 1.165) is 44.6 Å². The number of benzene rings is 1. The number of carbonyl (C=O) groups excluding carboxylic acids is 1. The number of nitrogens with zero attached hydrogens (tertiary/aromatic N) is 4. The monoisotopic (exact) mass is 336 g/mol. The van der Waals surface area contributed by atoms with E-state index in [2.05, 4.69) is 14.5 Å². The van der Waals surface area contributed by atoms with Gasteiger partial charge in [-0.2, -0.15) is 0 Å². The van der Waals surface area contributed by atoms with Crippen molar-refractivity contribution < 1.29 is 4.79 Å². The SMILES string of the molecule is O=C1[C@H](N2CCc3c(ncn3C3CC3)C2)CCCN1c1ccccc1. The number of hydrogen-bond acceptors (Lipinski definition) is 3. The van der Waals surface area contributed by atoms with Crippen molar-refractivity contribution in [2.45, 2.75) is 50.7 Å². The van der Waals surface area contributed by atoms with Gasteiger partial charge in [0.15, 0.2) is 0 Å². The van der Waals surface area contributed by atoms with Crippen LogP contribution in [0.2, 0.25) is 0 Å². The molecule has 5 rings (SSSR count). The quantitative estimate of drug-likeness (QED) is 0.865. The van der Waals surface area contributed by atoms with E-state index in [9.17, 15) is 4.79 Å². The summed E-state index contributed by atoms with van der Waals surface area (Å²) in [4.78, 5) is 22.1. The Morgan fingerprint density at radius 1 is 1.04 bits per heavy atom. The van der Waals surface area contributed by atoms with Gasteiger partial charge in [0.25, 0.3) is 0 Å². The molecule has 1 aromatic carbocycles. The molecule has 1 saturated heterocycles. The van der Waals surface area contributed by atoms with Crippen LogP contribution in [0.15, 0.2) is 36.7 Å². The van der Waals surface area contributed by atoms with Crippen molar-refractivity contribution in [3.8, 4) is 0 Å². The lowest BCUT2D eigenvalue weighted by Crippen LogP contribution is -2.53. The predicted octanol–water partition coefficient (Wildman–Crippen LogP) is 2.77. The van der Waals surface area contributed by atoms with E-state index < -0.39 is 0 Å². The van der Waals surface area contributed by atoms with Crippen LogP contribution >= 0.6 is 0 Å². The van der Waals surface area contributed by atoms with Crippen molar-refractivity contribution in [2.24, 2.45) is 0 Å². The van der Waals surface area contributed by atoms with Crippen molar-refractivity contribution >= 4 is 11.6 Å². The summed E-state index contributed by atoms with van der Waals surface area (Å²) in [7, 11) is 0. The van der Waals surface area contributed by atoms with Crippen LogP contribution in [0.25, 0.3) is 0 Å². The van der Waals surface area contributed by atoms with E-state index in [0.29, 0.717) is 6.04 Å². The van der Waals surface area contributed by atoms with Crippen LogP contribution in [0.1, 0.15) is 43.1 Å². The maximum absolute atomic E-state index is 13.1. The van der Waals surface area contributed by atoms with Gasteiger partial charge >= 0.3 is 0 Å². The number of anilines is 1. The fourth-order valence-electron chi connectivity index (χ4n) is 4.34. The lowest BCUT2D eigenvalue weighted by Gasteiger charge is -2.39. The molecule has 2 aromatic rings. The number of hydrogen-bond donors (Lipinski definition) is 0. The third-order valence-electron chi connectivity index (χ3n) is 5.83. The number of carbonyl (C=O) groups is 1. The number of fused-ring (bicyclic) bond motifs is 1. The molecule has 5 nitrogen and oxygen atoms in total. The van der Waals surface area contributed by atoms with Gasteiger partial charge < -0.3 is 9.47 Å². The molecule has 1 amide bonds. The molecule has 0 unspecified atom stereocenters. The summed E-state index contributed by atoms with van der Waals surface area (Å²) < 4.78 is 2.38. The second kappa shape index (κ2) is 5.99. The van der Waals surface area contributed by atoms with Gasteiger partial charge in [-0.15, -0.1) is 0 Å². The molecule has 5 heteroatoms. The Balaban J connectivity index is 1.35. The van der Waals surface area contributed by atoms with Crippen molar-refractivity contribution in [3.05, 3.63) is 48.0 Å². The Morgan fingerprint density at radius 2 is 1.88 bits per heavy atom. The van der Waals surface area contributed by atoms with E-state index in [1.165, 1.54) is 24.2 Å². The van der Waals surface area contributed by atoms with Gasteiger partial charge in [-0.05, 0) is 37.8 Å². The first-order valence-electron chi connectivity index (χ1n) is 9.46. The lowest BCUT2D eigenvalue weighted by atomic mass is 9.99. The highest BCUT2D eigenvalue weighted by Crippen LogP contribution is 2.37. The van der Waals surface area contributed by atoms with E-state index in [4.69, 9.17) is 0 Å². The highest BCUT2D eigenvalue weighted by molar-refractivity contribution is 5.97. The number of aromatic nitrogens is 2. The third kappa shape index (κ3) is 2.67. The molecule has 2 aliphatic heterocycles. The number of para-hydroxylation sites is 1. The molecule has 1 saturated carbocycles. The zero-order chi connectivity index (χ0) is 16.8. The van der Waals surface area contributed by atoms with Gasteiger partial charge in [-0.1, -0.05) is 18.2 Å². The van der Waals surface area contributed by atoms with Crippen LogP contribution in [-0.4, -0.2) is 39.5 Å². The summed E-state index contributed by atoms with van der Waals surface area (Å²) in [5.41, 5.74) is 3.61. The van der Waals surface area contributed by atoms with Crippen molar-refractivity contribution in [2.75, 3.05) is 18.0 Å². The smallest absolute Gasteiger partial charge is 0.244 e. The summed E-state index contributed by atoms with van der Waals surface area (Å²) in [6, 6.07) is 10.8. The van der Waals surface area contributed by atoms with Gasteiger partial charge in [-0.25, -0.2) is 4.98 Å². The highest BCUT2D eigenvalue weighted by atomic mass is 16.2. The molecule has 3 aliphatic rings. The van der Waals surface area contributed by atoms with Gasteiger partial charge in [0.05, 0.1) is 18.1 Å². The average molecular weight is 336 g/mol. The van der Waals surface area contributed by atoms with Crippen molar-refractivity contribution in [1.29, 1.82) is 0 Å². The summed E-state index contributed by atoms with van der Waals surface area (Å²) in [5, 5.41) is 0. The number of amides is 1. The Bertz CT molecular complexity index is 780. The molecule has 130 valence electrons. The van der Waals surface area contributed by atoms with Gasteiger partial charge in [0.2, 0.25) is 5.91 Å². The molecule has 3 heterocycles. The standard InChI is InChI=1S/C20H24N4O/c25-20-19(7-4-11-23(20)15-5-2-1-3-6-15)22-12-10-18-17(13-22)21-14-24(18)16-8-9-16/h1-3,5-6,14,16,19H,4,7-13H2/t19-/m1/s1. The number of imidazole rings is 1. The van der Waals surface area contributed by atoms with Crippen LogP contribution in [-0.2, 0) is 17.8 Å². The summed E-state index contributed by atoms with van der Waals surface area (Å²) in [5.74, 6) is 0.252. The third-order valence-corrected chi connectivity index (χ3v) is 5.83. The molecule has 0 bridgehead atoms. The van der Waals surface area contributed by atoms with Gasteiger partial charge in [-0.3, -0.25) is 9.69 Å². The Kier molecular flexibility index (Phi) is 3.63. The largest absolute Gasteiger partial charge is 0.331 e. The molecule has 1 atom stereocenters. The van der Waals surface area contributed by atoms with Gasteiger partial charge in [0, 0.05) is 43.5 Å². The molecular weight excluding hydrogens is 312 g/mol. The van der Waals surface area contributed by atoms with E-state index in [1.54, 1.807) is 0 Å². The molecule has 1 aromatic heterocycles. The minimum absolute atomic E-state index is 0.00631. The van der Waals surface area contributed by atoms with E-state index in [1.807, 2.05) is 41.6 Å². The average Bonchev–Trinajstić information content (AvgIpc) is 3.41. The first kappa shape index (κ1) is 15.1. The summed E-state index contributed by atoms with van der Waals surface area (Å²) >= 11 is 0. The molecule has 1 aliphatic carbocycles. The second-order valence-corrected chi connectivity index (χ2v) is 7.48. The topological polar surface area (TPSA) is 41.4 Å². The molecular formula is C20H24N4O. The number of rotatable bonds is 3. The molecule has 0 N–H and O–H groups in total. The van der Waals surface area contributed by atoms with Gasteiger partial charge in [0.1, 0.15) is 0 Å². The fourth-order valence-corrected chi connectivity index (χ4v) is 4.34. The lowest BCUT2D eigenvalue weighted by molar-refractivity contribution is -0.125. The van der Waals surface area contributed by atoms with Crippen LogP contribution in [0.5, 0.6) is 0 Å².